The van der Waals surface area contributed by atoms with Gasteiger partial charge in [0.05, 0.1) is 5.39 Å². The van der Waals surface area contributed by atoms with E-state index in [0.717, 1.165) is 14.6 Å². The van der Waals surface area contributed by atoms with Gasteiger partial charge in [-0.25, -0.2) is 14.8 Å². The number of benzene rings is 1. The topological polar surface area (TPSA) is 104 Å². The maximum atomic E-state index is 12.6. The average molecular weight is 422 g/mol. The van der Waals surface area contributed by atoms with E-state index in [0.29, 0.717) is 5.69 Å². The van der Waals surface area contributed by atoms with Gasteiger partial charge in [0.25, 0.3) is 11.5 Å². The fraction of sp³-hybridized carbons (Fsp3) is 0.150. The van der Waals surface area contributed by atoms with Crippen LogP contribution in [-0.4, -0.2) is 29.6 Å². The molecule has 4 aromatic rings. The Labute approximate surface area is 175 Å². The lowest BCUT2D eigenvalue weighted by Gasteiger charge is -2.09. The number of carbonyl (C=O) groups excluding carboxylic acids is 1. The zero-order valence-corrected chi connectivity index (χ0v) is 17.3. The molecule has 0 spiro atoms. The van der Waals surface area contributed by atoms with Crippen molar-refractivity contribution in [3.05, 3.63) is 75.3 Å². The van der Waals surface area contributed by atoms with Crippen molar-refractivity contribution in [1.29, 1.82) is 0 Å². The van der Waals surface area contributed by atoms with Crippen LogP contribution < -0.4 is 16.6 Å². The van der Waals surface area contributed by atoms with Crippen LogP contribution in [0.1, 0.15) is 10.5 Å². The van der Waals surface area contributed by atoms with Crippen molar-refractivity contribution in [3.63, 3.8) is 0 Å². The molecule has 0 unspecified atom stereocenters. The lowest BCUT2D eigenvalue weighted by atomic mass is 10.2. The molecular weight excluding hydrogens is 404 g/mol. The number of hydrogen-bond donors (Lipinski definition) is 1. The number of imidazole rings is 1. The summed E-state index contributed by atoms with van der Waals surface area (Å²) in [6.07, 6.45) is 3.61. The smallest absolute Gasteiger partial charge is 0.329 e. The average Bonchev–Trinajstić information content (AvgIpc) is 3.16. The Kier molecular flexibility index (Phi) is 5.00. The molecule has 3 aromatic heterocycles. The van der Waals surface area contributed by atoms with Gasteiger partial charge in [0.1, 0.15) is 11.3 Å². The second-order valence-corrected chi connectivity index (χ2v) is 7.72. The summed E-state index contributed by atoms with van der Waals surface area (Å²) in [5, 5.41) is 3.91. The summed E-state index contributed by atoms with van der Waals surface area (Å²) >= 11 is 1.51. The number of rotatable bonds is 4. The molecule has 0 radical (unpaired) electrons. The number of hydrogen-bond acceptors (Lipinski definition) is 6. The Morgan fingerprint density at radius 3 is 2.40 bits per heavy atom. The largest absolute Gasteiger partial charge is 0.332 e. The van der Waals surface area contributed by atoms with Crippen molar-refractivity contribution in [2.45, 2.75) is 10.1 Å². The Hall–Kier alpha value is -3.66. The lowest BCUT2D eigenvalue weighted by molar-refractivity contribution is 0.102. The summed E-state index contributed by atoms with van der Waals surface area (Å²) in [6, 6.07) is 10.3. The summed E-state index contributed by atoms with van der Waals surface area (Å²) in [4.78, 5) is 46.5. The van der Waals surface area contributed by atoms with Crippen molar-refractivity contribution in [2.75, 3.05) is 5.32 Å². The molecule has 0 saturated heterocycles. The fourth-order valence-electron chi connectivity index (χ4n) is 2.94. The Balaban J connectivity index is 1.56. The van der Waals surface area contributed by atoms with Gasteiger partial charge in [-0.1, -0.05) is 11.8 Å². The van der Waals surface area contributed by atoms with Crippen molar-refractivity contribution in [1.82, 2.24) is 23.7 Å². The quantitative estimate of drug-likeness (QED) is 0.538. The van der Waals surface area contributed by atoms with Crippen molar-refractivity contribution in [3.8, 4) is 0 Å². The molecule has 0 aliphatic rings. The predicted molar refractivity (Wildman–Crippen MR) is 114 cm³/mol. The summed E-state index contributed by atoms with van der Waals surface area (Å²) < 4.78 is 4.18. The highest BCUT2D eigenvalue weighted by atomic mass is 32.2. The van der Waals surface area contributed by atoms with E-state index in [-0.39, 0.29) is 16.7 Å². The molecule has 9 nitrogen and oxygen atoms in total. The first kappa shape index (κ1) is 19.6. The number of fused-ring (bicyclic) bond motifs is 1. The van der Waals surface area contributed by atoms with E-state index < -0.39 is 17.2 Å². The molecule has 0 fully saturated rings. The molecular formula is C20H18N6O3S. The molecule has 152 valence electrons. The summed E-state index contributed by atoms with van der Waals surface area (Å²) in [5.74, 6) is -0.436. The van der Waals surface area contributed by atoms with Gasteiger partial charge in [-0.05, 0) is 36.4 Å². The van der Waals surface area contributed by atoms with E-state index in [9.17, 15) is 14.4 Å². The van der Waals surface area contributed by atoms with Crippen LogP contribution in [0, 0.1) is 0 Å². The van der Waals surface area contributed by atoms with Gasteiger partial charge in [0.15, 0.2) is 5.16 Å². The fourth-order valence-corrected chi connectivity index (χ4v) is 3.74. The number of nitrogens with one attached hydrogen (secondary N) is 1. The molecule has 0 atom stereocenters. The van der Waals surface area contributed by atoms with Crippen LogP contribution in [0.5, 0.6) is 0 Å². The molecule has 1 amide bonds. The van der Waals surface area contributed by atoms with Crippen LogP contribution in [0.2, 0.25) is 0 Å². The SMILES string of the molecule is Cn1ccnc1Sc1ccc(NC(=O)c2ccc3c(=O)n(C)c(=O)n(C)c3n2)cc1. The second kappa shape index (κ2) is 7.64. The molecule has 4 rings (SSSR count). The number of nitrogens with zero attached hydrogens (tertiary/aromatic N) is 5. The first-order valence-electron chi connectivity index (χ1n) is 8.98. The van der Waals surface area contributed by atoms with Crippen LogP contribution >= 0.6 is 11.8 Å². The summed E-state index contributed by atoms with van der Waals surface area (Å²) in [6.45, 7) is 0. The molecule has 3 heterocycles. The first-order chi connectivity index (χ1) is 14.3. The number of aromatic nitrogens is 5. The van der Waals surface area contributed by atoms with Gasteiger partial charge < -0.3 is 9.88 Å². The Bertz CT molecular complexity index is 1380. The number of anilines is 1. The second-order valence-electron chi connectivity index (χ2n) is 6.67. The van der Waals surface area contributed by atoms with E-state index in [1.54, 1.807) is 18.3 Å². The first-order valence-corrected chi connectivity index (χ1v) is 9.80. The standard InChI is InChI=1S/C20H18N6O3S/c1-24-11-10-21-19(24)30-13-6-4-12(5-7-13)22-17(27)15-9-8-14-16(23-15)25(2)20(29)26(3)18(14)28/h4-11H,1-3H3,(H,22,27). The van der Waals surface area contributed by atoms with Gasteiger partial charge in [-0.15, -0.1) is 0 Å². The van der Waals surface area contributed by atoms with Crippen LogP contribution in [-0.2, 0) is 21.1 Å². The lowest BCUT2D eigenvalue weighted by Crippen LogP contribution is -2.37. The van der Waals surface area contributed by atoms with Gasteiger partial charge >= 0.3 is 5.69 Å². The summed E-state index contributed by atoms with van der Waals surface area (Å²) in [5.41, 5.74) is -0.0783. The minimum absolute atomic E-state index is 0.109. The van der Waals surface area contributed by atoms with Crippen LogP contribution in [0.4, 0.5) is 5.69 Å². The molecule has 10 heteroatoms. The third-order valence-electron chi connectivity index (χ3n) is 4.63. The minimum atomic E-state index is -0.502. The van der Waals surface area contributed by atoms with Crippen LogP contribution in [0.15, 0.2) is 68.4 Å². The zero-order chi connectivity index (χ0) is 21.4. The highest BCUT2D eigenvalue weighted by Crippen LogP contribution is 2.26. The Morgan fingerprint density at radius 1 is 1.00 bits per heavy atom. The number of carbonyl (C=O) groups is 1. The zero-order valence-electron chi connectivity index (χ0n) is 16.5. The molecule has 0 saturated carbocycles. The highest BCUT2D eigenvalue weighted by Gasteiger charge is 2.14. The van der Waals surface area contributed by atoms with E-state index in [2.05, 4.69) is 15.3 Å². The van der Waals surface area contributed by atoms with E-state index in [4.69, 9.17) is 0 Å². The molecule has 30 heavy (non-hydrogen) atoms. The monoisotopic (exact) mass is 422 g/mol. The van der Waals surface area contributed by atoms with Gasteiger partial charge in [0, 0.05) is 44.1 Å². The molecule has 1 N–H and O–H groups in total. The van der Waals surface area contributed by atoms with Crippen molar-refractivity contribution in [2.24, 2.45) is 21.1 Å². The van der Waals surface area contributed by atoms with Crippen LogP contribution in [0.25, 0.3) is 11.0 Å². The maximum Gasteiger partial charge on any atom is 0.332 e. The van der Waals surface area contributed by atoms with E-state index in [1.165, 1.54) is 42.6 Å². The Morgan fingerprint density at radius 2 is 1.73 bits per heavy atom. The molecule has 0 aliphatic carbocycles. The third kappa shape index (κ3) is 3.52. The van der Waals surface area contributed by atoms with E-state index in [1.807, 2.05) is 29.9 Å². The van der Waals surface area contributed by atoms with Crippen molar-refractivity contribution < 1.29 is 4.79 Å². The third-order valence-corrected chi connectivity index (χ3v) is 5.72. The van der Waals surface area contributed by atoms with Gasteiger partial charge in [-0.2, -0.15) is 0 Å². The van der Waals surface area contributed by atoms with Crippen LogP contribution in [0.3, 0.4) is 0 Å². The number of pyridine rings is 1. The number of aryl methyl sites for hydroxylation is 2. The molecule has 1 aromatic carbocycles. The predicted octanol–water partition coefficient (Wildman–Crippen LogP) is 1.77. The maximum absolute atomic E-state index is 12.6. The van der Waals surface area contributed by atoms with Gasteiger partial charge in [-0.3, -0.25) is 18.7 Å². The number of amides is 1. The van der Waals surface area contributed by atoms with Crippen molar-refractivity contribution >= 4 is 34.4 Å². The summed E-state index contributed by atoms with van der Waals surface area (Å²) in [7, 11) is 4.84. The molecule has 0 aliphatic heterocycles. The molecule has 0 bridgehead atoms. The minimum Gasteiger partial charge on any atom is -0.329 e. The normalized spacial score (nSPS) is 11.0. The van der Waals surface area contributed by atoms with E-state index >= 15 is 0 Å². The van der Waals surface area contributed by atoms with Gasteiger partial charge in [0.2, 0.25) is 0 Å². The highest BCUT2D eigenvalue weighted by molar-refractivity contribution is 7.99.